The first kappa shape index (κ1) is 19.4. The topological polar surface area (TPSA) is 143 Å². The lowest BCUT2D eigenvalue weighted by Crippen LogP contribution is -2.06. The number of ether oxygens (including phenoxy) is 2. The number of phenolic OH excluding ortho intramolecular Hbond substituents is 2. The first-order valence-corrected chi connectivity index (χ1v) is 7.51. The van der Waals surface area contributed by atoms with E-state index in [-0.39, 0.29) is 28.3 Å². The van der Waals surface area contributed by atoms with Gasteiger partial charge in [0, 0.05) is 31.7 Å². The number of nitrogens with zero attached hydrogens (tertiary/aromatic N) is 1. The average Bonchev–Trinajstić information content (AvgIpc) is 2.57. The molecule has 9 heteroatoms. The first-order chi connectivity index (χ1) is 12.7. The van der Waals surface area contributed by atoms with Gasteiger partial charge in [0.1, 0.15) is 0 Å². The lowest BCUT2D eigenvalue weighted by molar-refractivity contribution is -0.134. The molecular weight excluding hydrogens is 358 g/mol. The molecular formula is C18H15NO8. The van der Waals surface area contributed by atoms with Gasteiger partial charge in [-0.2, -0.15) is 0 Å². The fourth-order valence-corrected chi connectivity index (χ4v) is 2.06. The van der Waals surface area contributed by atoms with Gasteiger partial charge in [-0.3, -0.25) is 14.6 Å². The number of carboxylic acids is 1. The van der Waals surface area contributed by atoms with Crippen molar-refractivity contribution in [2.75, 3.05) is 0 Å². The molecule has 140 valence electrons. The summed E-state index contributed by atoms with van der Waals surface area (Å²) in [6.45, 7) is 2.36. The van der Waals surface area contributed by atoms with Crippen LogP contribution in [-0.4, -0.2) is 39.4 Å². The highest BCUT2D eigenvalue weighted by Gasteiger charge is 2.13. The molecule has 0 bridgehead atoms. The number of carbonyl (C=O) groups excluding carboxylic acids is 2. The van der Waals surface area contributed by atoms with Gasteiger partial charge in [0.05, 0.1) is 11.3 Å². The molecule has 0 spiro atoms. The Kier molecular flexibility index (Phi) is 5.76. The van der Waals surface area contributed by atoms with Crippen molar-refractivity contribution in [1.82, 2.24) is 0 Å². The minimum atomic E-state index is -1.29. The SMILES string of the molecule is CC(=O)Oc1ccc(/N=C/c2cc(C(=O)O)cc(O)c2O)cc1OC(C)=O. The van der Waals surface area contributed by atoms with Gasteiger partial charge >= 0.3 is 17.9 Å². The molecule has 3 N–H and O–H groups in total. The van der Waals surface area contributed by atoms with Crippen molar-refractivity contribution in [1.29, 1.82) is 0 Å². The maximum absolute atomic E-state index is 11.2. The van der Waals surface area contributed by atoms with Crippen LogP contribution in [0.1, 0.15) is 29.8 Å². The fraction of sp³-hybridized carbons (Fsp3) is 0.111. The molecule has 0 saturated heterocycles. The summed E-state index contributed by atoms with van der Waals surface area (Å²) in [5.74, 6) is -3.71. The van der Waals surface area contributed by atoms with Crippen LogP contribution in [0.5, 0.6) is 23.0 Å². The lowest BCUT2D eigenvalue weighted by atomic mass is 10.1. The lowest BCUT2D eigenvalue weighted by Gasteiger charge is -2.09. The van der Waals surface area contributed by atoms with E-state index in [1.807, 2.05) is 0 Å². The van der Waals surface area contributed by atoms with Gasteiger partial charge in [0.25, 0.3) is 0 Å². The number of benzene rings is 2. The van der Waals surface area contributed by atoms with Crippen LogP contribution in [0, 0.1) is 0 Å². The van der Waals surface area contributed by atoms with Gasteiger partial charge in [-0.1, -0.05) is 0 Å². The summed E-state index contributed by atoms with van der Waals surface area (Å²) in [6.07, 6.45) is 1.12. The predicted octanol–water partition coefficient (Wildman–Crippen LogP) is 2.40. The highest BCUT2D eigenvalue weighted by molar-refractivity contribution is 5.94. The number of carbonyl (C=O) groups is 3. The van der Waals surface area contributed by atoms with Crippen molar-refractivity contribution in [2.24, 2.45) is 4.99 Å². The summed E-state index contributed by atoms with van der Waals surface area (Å²) < 4.78 is 9.91. The zero-order chi connectivity index (χ0) is 20.1. The van der Waals surface area contributed by atoms with Gasteiger partial charge in [0.15, 0.2) is 23.0 Å². The Labute approximate surface area is 153 Å². The Morgan fingerprint density at radius 2 is 1.59 bits per heavy atom. The number of aromatic carboxylic acids is 1. The summed E-state index contributed by atoms with van der Waals surface area (Å²) in [5, 5.41) is 28.5. The highest BCUT2D eigenvalue weighted by Crippen LogP contribution is 2.33. The monoisotopic (exact) mass is 373 g/mol. The van der Waals surface area contributed by atoms with Gasteiger partial charge < -0.3 is 24.8 Å². The quantitative estimate of drug-likeness (QED) is 0.314. The third-order valence-corrected chi connectivity index (χ3v) is 3.15. The number of hydrogen-bond acceptors (Lipinski definition) is 8. The molecule has 2 aromatic carbocycles. The number of carboxylic acid groups (broad SMARTS) is 1. The van der Waals surface area contributed by atoms with E-state index in [9.17, 15) is 24.6 Å². The van der Waals surface area contributed by atoms with Gasteiger partial charge in [-0.25, -0.2) is 4.79 Å². The Bertz CT molecular complexity index is 949. The van der Waals surface area contributed by atoms with E-state index >= 15 is 0 Å². The van der Waals surface area contributed by atoms with Gasteiger partial charge in [0.2, 0.25) is 0 Å². The Morgan fingerprint density at radius 3 is 2.19 bits per heavy atom. The second-order valence-corrected chi connectivity index (χ2v) is 5.31. The van der Waals surface area contributed by atoms with E-state index in [2.05, 4.69) is 4.99 Å². The van der Waals surface area contributed by atoms with Crippen LogP contribution < -0.4 is 9.47 Å². The molecule has 0 heterocycles. The number of hydrogen-bond donors (Lipinski definition) is 3. The molecule has 0 fully saturated rings. The smallest absolute Gasteiger partial charge is 0.335 e. The summed E-state index contributed by atoms with van der Waals surface area (Å²) in [4.78, 5) is 37.4. The molecule has 2 aromatic rings. The second-order valence-electron chi connectivity index (χ2n) is 5.31. The zero-order valence-corrected chi connectivity index (χ0v) is 14.3. The molecule has 0 radical (unpaired) electrons. The van der Waals surface area contributed by atoms with E-state index in [4.69, 9.17) is 14.6 Å². The molecule has 0 saturated carbocycles. The highest BCUT2D eigenvalue weighted by atomic mass is 16.6. The summed E-state index contributed by atoms with van der Waals surface area (Å²) in [5.41, 5.74) is -0.0233. The zero-order valence-electron chi connectivity index (χ0n) is 14.3. The van der Waals surface area contributed by atoms with Gasteiger partial charge in [-0.05, 0) is 24.3 Å². The fourth-order valence-electron chi connectivity index (χ4n) is 2.06. The second kappa shape index (κ2) is 8.00. The van der Waals surface area contributed by atoms with Crippen molar-refractivity contribution in [3.63, 3.8) is 0 Å². The van der Waals surface area contributed by atoms with Crippen LogP contribution >= 0.6 is 0 Å². The van der Waals surface area contributed by atoms with Crippen LogP contribution in [0.3, 0.4) is 0 Å². The maximum Gasteiger partial charge on any atom is 0.335 e. The average molecular weight is 373 g/mol. The third-order valence-electron chi connectivity index (χ3n) is 3.15. The summed E-state index contributed by atoms with van der Waals surface area (Å²) in [6, 6.07) is 6.15. The number of aromatic hydroxyl groups is 2. The molecule has 0 aliphatic rings. The molecule has 0 aliphatic carbocycles. The molecule has 0 unspecified atom stereocenters. The number of aliphatic imine (C=N–C) groups is 1. The van der Waals surface area contributed by atoms with Crippen molar-refractivity contribution in [3.8, 4) is 23.0 Å². The van der Waals surface area contributed by atoms with Crippen LogP contribution in [0.25, 0.3) is 0 Å². The molecule has 0 atom stereocenters. The molecule has 2 rings (SSSR count). The molecule has 0 aromatic heterocycles. The molecule has 27 heavy (non-hydrogen) atoms. The first-order valence-electron chi connectivity index (χ1n) is 7.51. The Hall–Kier alpha value is -3.88. The van der Waals surface area contributed by atoms with E-state index < -0.39 is 29.4 Å². The van der Waals surface area contributed by atoms with Crippen LogP contribution in [-0.2, 0) is 9.59 Å². The van der Waals surface area contributed by atoms with E-state index in [0.717, 1.165) is 18.3 Å². The Morgan fingerprint density at radius 1 is 0.963 bits per heavy atom. The van der Waals surface area contributed by atoms with Crippen LogP contribution in [0.15, 0.2) is 35.3 Å². The maximum atomic E-state index is 11.2. The van der Waals surface area contributed by atoms with E-state index in [1.54, 1.807) is 0 Å². The van der Waals surface area contributed by atoms with Crippen molar-refractivity contribution in [3.05, 3.63) is 41.5 Å². The Balaban J connectivity index is 2.40. The minimum absolute atomic E-state index is 0.0185. The number of rotatable bonds is 5. The van der Waals surface area contributed by atoms with Crippen LogP contribution in [0.2, 0.25) is 0 Å². The predicted molar refractivity (Wildman–Crippen MR) is 93.0 cm³/mol. The summed E-state index contributed by atoms with van der Waals surface area (Å²) >= 11 is 0. The normalized spacial score (nSPS) is 10.6. The standard InChI is InChI=1S/C18H15NO8/c1-9(20)26-15-4-3-13(7-16(15)27-10(2)21)19-8-12-5-11(18(24)25)6-14(22)17(12)23/h3-8,22-23H,1-2H3,(H,24,25)/b19-8+. The molecule has 0 aliphatic heterocycles. The van der Waals surface area contributed by atoms with E-state index in [0.29, 0.717) is 0 Å². The van der Waals surface area contributed by atoms with Crippen molar-refractivity contribution < 1.29 is 39.2 Å². The van der Waals surface area contributed by atoms with Crippen molar-refractivity contribution >= 4 is 29.8 Å². The van der Waals surface area contributed by atoms with E-state index in [1.165, 1.54) is 32.0 Å². The largest absolute Gasteiger partial charge is 0.504 e. The number of phenols is 2. The molecule has 9 nitrogen and oxygen atoms in total. The number of esters is 2. The minimum Gasteiger partial charge on any atom is -0.504 e. The van der Waals surface area contributed by atoms with Gasteiger partial charge in [-0.15, -0.1) is 0 Å². The molecule has 0 amide bonds. The third kappa shape index (κ3) is 5.05. The van der Waals surface area contributed by atoms with Crippen molar-refractivity contribution in [2.45, 2.75) is 13.8 Å². The van der Waals surface area contributed by atoms with Crippen LogP contribution in [0.4, 0.5) is 5.69 Å². The summed E-state index contributed by atoms with van der Waals surface area (Å²) in [7, 11) is 0.